The van der Waals surface area contributed by atoms with Crippen LogP contribution in [0.15, 0.2) is 59.6 Å². The highest BCUT2D eigenvalue weighted by Gasteiger charge is 2.49. The lowest BCUT2D eigenvalue weighted by Gasteiger charge is -2.28. The second-order valence-electron chi connectivity index (χ2n) is 7.18. The second-order valence-corrected chi connectivity index (χ2v) is 7.18. The minimum atomic E-state index is -4.74. The SMILES string of the molecule is O=C(O)N(C1=NC(C(F)(F)F)C(c2ccccc2)Oc2ccccc21)C1CCNC1. The predicted molar refractivity (Wildman–Crippen MR) is 104 cm³/mol. The van der Waals surface area contributed by atoms with Crippen molar-refractivity contribution in [2.24, 2.45) is 4.99 Å². The zero-order valence-electron chi connectivity index (χ0n) is 15.8. The third-order valence-electron chi connectivity index (χ3n) is 5.23. The van der Waals surface area contributed by atoms with Gasteiger partial charge in [0.05, 0.1) is 11.6 Å². The first-order valence-corrected chi connectivity index (χ1v) is 9.54. The summed E-state index contributed by atoms with van der Waals surface area (Å²) in [6.07, 6.45) is -7.06. The van der Waals surface area contributed by atoms with E-state index in [1.807, 2.05) is 0 Å². The van der Waals surface area contributed by atoms with E-state index in [0.717, 1.165) is 4.90 Å². The number of benzene rings is 2. The van der Waals surface area contributed by atoms with Gasteiger partial charge in [0.15, 0.2) is 12.1 Å². The van der Waals surface area contributed by atoms with Gasteiger partial charge in [0.2, 0.25) is 0 Å². The Morgan fingerprint density at radius 1 is 1.13 bits per heavy atom. The van der Waals surface area contributed by atoms with Crippen LogP contribution in [-0.4, -0.2) is 53.3 Å². The molecule has 1 amide bonds. The number of nitrogens with zero attached hydrogens (tertiary/aromatic N) is 2. The highest BCUT2D eigenvalue weighted by Crippen LogP contribution is 2.40. The lowest BCUT2D eigenvalue weighted by molar-refractivity contribution is -0.165. The number of carbonyl (C=O) groups is 1. The van der Waals surface area contributed by atoms with Crippen molar-refractivity contribution >= 4 is 11.9 Å². The van der Waals surface area contributed by atoms with Crippen LogP contribution >= 0.6 is 0 Å². The molecule has 0 aromatic heterocycles. The largest absolute Gasteiger partial charge is 0.482 e. The van der Waals surface area contributed by atoms with E-state index >= 15 is 0 Å². The van der Waals surface area contributed by atoms with E-state index in [0.29, 0.717) is 25.1 Å². The Bertz CT molecular complexity index is 943. The van der Waals surface area contributed by atoms with Crippen LogP contribution in [-0.2, 0) is 0 Å². The van der Waals surface area contributed by atoms with E-state index in [9.17, 15) is 23.1 Å². The van der Waals surface area contributed by atoms with Crippen LogP contribution in [0.5, 0.6) is 5.75 Å². The molecule has 0 bridgehead atoms. The molecule has 1 saturated heterocycles. The summed E-state index contributed by atoms with van der Waals surface area (Å²) in [6, 6.07) is 11.6. The maximum atomic E-state index is 14.1. The van der Waals surface area contributed by atoms with Crippen molar-refractivity contribution in [1.29, 1.82) is 0 Å². The summed E-state index contributed by atoms with van der Waals surface area (Å²) in [5, 5.41) is 12.9. The van der Waals surface area contributed by atoms with Crippen molar-refractivity contribution < 1.29 is 27.8 Å². The summed E-state index contributed by atoms with van der Waals surface area (Å²) in [7, 11) is 0. The van der Waals surface area contributed by atoms with Gasteiger partial charge in [-0.2, -0.15) is 13.2 Å². The van der Waals surface area contributed by atoms with Crippen LogP contribution in [0, 0.1) is 0 Å². The molecule has 158 valence electrons. The Hall–Kier alpha value is -3.07. The zero-order valence-corrected chi connectivity index (χ0v) is 15.8. The first kappa shape index (κ1) is 20.2. The number of hydrogen-bond acceptors (Lipinski definition) is 4. The van der Waals surface area contributed by atoms with E-state index in [1.165, 1.54) is 12.1 Å². The van der Waals surface area contributed by atoms with E-state index in [4.69, 9.17) is 4.74 Å². The van der Waals surface area contributed by atoms with Crippen LogP contribution < -0.4 is 10.1 Å². The molecule has 2 heterocycles. The fourth-order valence-corrected chi connectivity index (χ4v) is 3.83. The van der Waals surface area contributed by atoms with Gasteiger partial charge in [-0.1, -0.05) is 42.5 Å². The normalized spacial score (nSPS) is 23.7. The molecule has 3 atom stereocenters. The summed E-state index contributed by atoms with van der Waals surface area (Å²) in [6.45, 7) is 0.919. The third-order valence-corrected chi connectivity index (χ3v) is 5.23. The summed E-state index contributed by atoms with van der Waals surface area (Å²) in [4.78, 5) is 17.0. The summed E-state index contributed by atoms with van der Waals surface area (Å²) in [5.74, 6) is -0.0818. The number of carboxylic acid groups (broad SMARTS) is 1. The maximum Gasteiger partial charge on any atom is 0.414 e. The number of ether oxygens (including phenoxy) is 1. The average molecular weight is 419 g/mol. The summed E-state index contributed by atoms with van der Waals surface area (Å²) in [5.41, 5.74) is 0.531. The van der Waals surface area contributed by atoms with E-state index in [1.54, 1.807) is 42.5 Å². The minimum Gasteiger partial charge on any atom is -0.482 e. The average Bonchev–Trinajstić information content (AvgIpc) is 3.17. The molecule has 3 unspecified atom stereocenters. The molecule has 6 nitrogen and oxygen atoms in total. The first-order chi connectivity index (χ1) is 14.4. The molecule has 2 aliphatic rings. The molecule has 9 heteroatoms. The molecule has 2 aromatic rings. The number of hydrogen-bond donors (Lipinski definition) is 2. The van der Waals surface area contributed by atoms with E-state index < -0.39 is 30.5 Å². The molecule has 1 fully saturated rings. The van der Waals surface area contributed by atoms with Gasteiger partial charge in [-0.25, -0.2) is 4.79 Å². The number of rotatable bonds is 2. The third kappa shape index (κ3) is 3.85. The molecule has 0 radical (unpaired) electrons. The van der Waals surface area contributed by atoms with Gasteiger partial charge < -0.3 is 15.2 Å². The first-order valence-electron chi connectivity index (χ1n) is 9.54. The van der Waals surface area contributed by atoms with Crippen molar-refractivity contribution in [3.8, 4) is 5.75 Å². The fourth-order valence-electron chi connectivity index (χ4n) is 3.83. The Morgan fingerprint density at radius 2 is 1.83 bits per heavy atom. The number of halogens is 3. The number of fused-ring (bicyclic) bond motifs is 1. The standard InChI is InChI=1S/C21H20F3N3O3/c22-21(23,24)18-17(13-6-2-1-3-7-13)30-16-9-5-4-8-15(16)19(26-18)27(20(28)29)14-10-11-25-12-14/h1-9,14,17-18,25H,10-12H2,(H,28,29). The van der Waals surface area contributed by atoms with Crippen LogP contribution in [0.2, 0.25) is 0 Å². The van der Waals surface area contributed by atoms with Gasteiger partial charge in [0.25, 0.3) is 0 Å². The van der Waals surface area contributed by atoms with Crippen molar-refractivity contribution in [3.05, 3.63) is 65.7 Å². The number of aliphatic imine (C=N–C) groups is 1. The van der Waals surface area contributed by atoms with Crippen LogP contribution in [0.25, 0.3) is 0 Å². The van der Waals surface area contributed by atoms with Crippen molar-refractivity contribution in [2.45, 2.75) is 30.8 Å². The molecule has 0 aliphatic carbocycles. The van der Waals surface area contributed by atoms with Crippen molar-refractivity contribution in [2.75, 3.05) is 13.1 Å². The smallest absolute Gasteiger partial charge is 0.414 e. The maximum absolute atomic E-state index is 14.1. The second kappa shape index (κ2) is 7.98. The molecule has 2 aromatic carbocycles. The van der Waals surface area contributed by atoms with Gasteiger partial charge in [-0.05, 0) is 30.7 Å². The van der Waals surface area contributed by atoms with Gasteiger partial charge in [0.1, 0.15) is 11.6 Å². The van der Waals surface area contributed by atoms with E-state index in [-0.39, 0.29) is 17.1 Å². The Kier molecular flexibility index (Phi) is 5.38. The topological polar surface area (TPSA) is 74.2 Å². The highest BCUT2D eigenvalue weighted by molar-refractivity contribution is 6.08. The zero-order chi connectivity index (χ0) is 21.3. The number of alkyl halides is 3. The molecule has 4 rings (SSSR count). The Labute approximate surface area is 171 Å². The van der Waals surface area contributed by atoms with Crippen molar-refractivity contribution in [3.63, 3.8) is 0 Å². The number of amides is 1. The molecule has 0 spiro atoms. The quantitative estimate of drug-likeness (QED) is 0.776. The van der Waals surface area contributed by atoms with Gasteiger partial charge in [0, 0.05) is 6.54 Å². The monoisotopic (exact) mass is 419 g/mol. The van der Waals surface area contributed by atoms with Crippen LogP contribution in [0.4, 0.5) is 18.0 Å². The number of nitrogens with one attached hydrogen (secondary N) is 1. The van der Waals surface area contributed by atoms with Crippen LogP contribution in [0.1, 0.15) is 23.7 Å². The lowest BCUT2D eigenvalue weighted by Crippen LogP contribution is -2.46. The number of amidine groups is 1. The molecule has 0 saturated carbocycles. The van der Waals surface area contributed by atoms with E-state index in [2.05, 4.69) is 10.3 Å². The molecule has 2 aliphatic heterocycles. The minimum absolute atomic E-state index is 0.161. The van der Waals surface area contributed by atoms with Gasteiger partial charge >= 0.3 is 12.3 Å². The molecule has 2 N–H and O–H groups in total. The number of para-hydroxylation sites is 1. The summed E-state index contributed by atoms with van der Waals surface area (Å²) < 4.78 is 48.2. The van der Waals surface area contributed by atoms with Crippen molar-refractivity contribution in [1.82, 2.24) is 10.2 Å². The molecule has 30 heavy (non-hydrogen) atoms. The highest BCUT2D eigenvalue weighted by atomic mass is 19.4. The fraction of sp³-hybridized carbons (Fsp3) is 0.333. The summed E-state index contributed by atoms with van der Waals surface area (Å²) >= 11 is 0. The van der Waals surface area contributed by atoms with Crippen LogP contribution in [0.3, 0.4) is 0 Å². The predicted octanol–water partition coefficient (Wildman–Crippen LogP) is 3.84. The Morgan fingerprint density at radius 3 is 2.47 bits per heavy atom. The van der Waals surface area contributed by atoms with Gasteiger partial charge in [-0.3, -0.25) is 9.89 Å². The molecular weight excluding hydrogens is 399 g/mol. The Balaban J connectivity index is 1.90. The van der Waals surface area contributed by atoms with Gasteiger partial charge in [-0.15, -0.1) is 0 Å². The molecular formula is C21H20F3N3O3. The lowest BCUT2D eigenvalue weighted by atomic mass is 10.0.